The number of hydrogen-bond donors (Lipinski definition) is 8. The van der Waals surface area contributed by atoms with Crippen LogP contribution in [0.1, 0.15) is 0 Å². The number of nitrogens with zero attached hydrogens (tertiary/aromatic N) is 1. The van der Waals surface area contributed by atoms with Gasteiger partial charge in [-0.3, -0.25) is 14.0 Å². The molecule has 0 aliphatic rings. The lowest BCUT2D eigenvalue weighted by molar-refractivity contribution is 0.212. The van der Waals surface area contributed by atoms with Gasteiger partial charge in [0.15, 0.2) is 0 Å². The van der Waals surface area contributed by atoms with Crippen LogP contribution in [0.4, 0.5) is 0 Å². The molecule has 14 heteroatoms. The molecule has 0 aromatic rings. The minimum atomic E-state index is -4.37. The van der Waals surface area contributed by atoms with Crippen LogP contribution in [-0.2, 0) is 9.13 Å². The van der Waals surface area contributed by atoms with Gasteiger partial charge in [-0.2, -0.15) is 14.7 Å². The van der Waals surface area contributed by atoms with Crippen LogP contribution in [0.5, 0.6) is 0 Å². The Labute approximate surface area is 110 Å². The van der Waals surface area contributed by atoms with E-state index in [1.165, 1.54) is 0 Å². The van der Waals surface area contributed by atoms with Gasteiger partial charge in [0.05, 0.1) is 6.61 Å². The van der Waals surface area contributed by atoms with Crippen LogP contribution < -0.4 is 0 Å². The van der Waals surface area contributed by atoms with Gasteiger partial charge in [0, 0.05) is 6.54 Å². The van der Waals surface area contributed by atoms with Crippen molar-refractivity contribution >= 4 is 23.1 Å². The second-order valence-corrected chi connectivity index (χ2v) is 8.56. The van der Waals surface area contributed by atoms with Gasteiger partial charge in [0.25, 0.3) is 0 Å². The van der Waals surface area contributed by atoms with Crippen molar-refractivity contribution in [2.45, 2.75) is 0 Å². The van der Waals surface area contributed by atoms with Crippen molar-refractivity contribution in [2.24, 2.45) is 0 Å². The lowest BCUT2D eigenvalue weighted by Crippen LogP contribution is -2.29. The molecule has 0 unspecified atom stereocenters. The van der Waals surface area contributed by atoms with Gasteiger partial charge in [0.2, 0.25) is 0 Å². The summed E-state index contributed by atoms with van der Waals surface area (Å²) in [5.74, 6) is 0. The summed E-state index contributed by atoms with van der Waals surface area (Å²) in [5, 5.41) is 8.48. The van der Waals surface area contributed by atoms with Crippen molar-refractivity contribution in [3.63, 3.8) is 0 Å². The Morgan fingerprint density at radius 3 is 1.37 bits per heavy atom. The van der Waals surface area contributed by atoms with Gasteiger partial charge in [-0.1, -0.05) is 0 Å². The maximum atomic E-state index is 10.5. The first-order chi connectivity index (χ1) is 8.14. The van der Waals surface area contributed by atoms with Crippen LogP contribution in [0.15, 0.2) is 0 Å². The van der Waals surface area contributed by atoms with Gasteiger partial charge in [-0.05, 0) is 0 Å². The van der Waals surface area contributed by atoms with E-state index in [0.29, 0.717) is 0 Å². The Morgan fingerprint density at radius 2 is 1.21 bits per heavy atom. The largest absolute Gasteiger partial charge is 0.400 e. The van der Waals surface area contributed by atoms with Crippen molar-refractivity contribution < 1.29 is 48.5 Å². The fourth-order valence-electron chi connectivity index (χ4n) is 0.849. The second kappa shape index (κ2) is 8.74. The normalized spacial score (nSPS) is 13.2. The molecule has 118 valence electrons. The van der Waals surface area contributed by atoms with Crippen molar-refractivity contribution in [1.29, 1.82) is 0 Å². The van der Waals surface area contributed by atoms with Crippen LogP contribution in [0.25, 0.3) is 0 Å². The summed E-state index contributed by atoms with van der Waals surface area (Å²) < 4.78 is 21.0. The van der Waals surface area contributed by atoms with Gasteiger partial charge >= 0.3 is 23.1 Å². The molecule has 0 aliphatic carbocycles. The lowest BCUT2D eigenvalue weighted by Gasteiger charge is -2.21. The Bertz CT molecular complexity index is 301. The maximum absolute atomic E-state index is 10.5. The second-order valence-electron chi connectivity index (χ2n) is 3.60. The third-order valence-corrected chi connectivity index (χ3v) is 2.72. The molecule has 0 radical (unpaired) electrons. The summed E-state index contributed by atoms with van der Waals surface area (Å²) in [6.07, 6.45) is -1.56. The molecule has 0 aliphatic heterocycles. The number of rotatable bonds is 6. The molecule has 0 saturated heterocycles. The Hall–Kier alpha value is 0.530. The summed E-state index contributed by atoms with van der Waals surface area (Å²) in [5.41, 5.74) is 0. The summed E-state index contributed by atoms with van der Waals surface area (Å²) in [7, 11) is -12.1. The zero-order valence-electron chi connectivity index (χ0n) is 10.0. The molecular weight excluding hydrogens is 327 g/mol. The first-order valence-electron chi connectivity index (χ1n) is 4.61. The molecule has 0 spiro atoms. The minimum Gasteiger partial charge on any atom is -0.395 e. The van der Waals surface area contributed by atoms with E-state index in [0.717, 1.165) is 11.6 Å². The predicted octanol–water partition coefficient (Wildman–Crippen LogP) is -2.09. The zero-order chi connectivity index (χ0) is 15.9. The molecule has 11 nitrogen and oxygen atoms in total. The van der Waals surface area contributed by atoms with Crippen molar-refractivity contribution in [2.75, 3.05) is 32.4 Å². The van der Waals surface area contributed by atoms with Gasteiger partial charge in [0.1, 0.15) is 19.2 Å². The van der Waals surface area contributed by atoms with Crippen molar-refractivity contribution in [3.8, 4) is 0 Å². The highest BCUT2D eigenvalue weighted by molar-refractivity contribution is 7.57. The van der Waals surface area contributed by atoms with Gasteiger partial charge < -0.3 is 24.7 Å². The summed E-state index contributed by atoms with van der Waals surface area (Å²) >= 11 is 0. The van der Waals surface area contributed by atoms with E-state index in [4.69, 9.17) is 39.4 Å². The number of aliphatic hydroxyl groups excluding tert-OH is 1. The number of hydrogen-bond acceptors (Lipinski definition) is 7. The molecule has 0 fully saturated rings. The highest BCUT2D eigenvalue weighted by atomic mass is 31.2. The fourth-order valence-corrected chi connectivity index (χ4v) is 2.53. The zero-order valence-corrected chi connectivity index (χ0v) is 12.7. The first kappa shape index (κ1) is 21.8. The smallest absolute Gasteiger partial charge is 0.395 e. The van der Waals surface area contributed by atoms with Gasteiger partial charge in [-0.15, -0.1) is 0 Å². The van der Waals surface area contributed by atoms with Crippen LogP contribution in [0.3, 0.4) is 0 Å². The van der Waals surface area contributed by atoms with E-state index in [-0.39, 0.29) is 6.54 Å². The molecule has 0 saturated carbocycles. The molecule has 0 heterocycles. The van der Waals surface area contributed by atoms with Crippen LogP contribution >= 0.6 is 23.1 Å². The Balaban J connectivity index is 0. The topological polar surface area (TPSA) is 199 Å². The average Bonchev–Trinajstić information content (AvgIpc) is 1.92. The quantitative estimate of drug-likeness (QED) is 0.245. The first-order valence-corrected chi connectivity index (χ1v) is 10.3. The van der Waals surface area contributed by atoms with E-state index in [1.807, 2.05) is 0 Å². The monoisotopic (exact) mass is 346 g/mol. The van der Waals surface area contributed by atoms with Gasteiger partial charge in [-0.25, -0.2) is 0 Å². The van der Waals surface area contributed by atoms with E-state index >= 15 is 0 Å². The highest BCUT2D eigenvalue weighted by Gasteiger charge is 2.25. The molecule has 0 amide bonds. The highest BCUT2D eigenvalue weighted by Crippen LogP contribution is 2.40. The molecule has 0 aromatic heterocycles. The molecule has 0 atom stereocenters. The average molecular weight is 346 g/mol. The van der Waals surface area contributed by atoms with E-state index in [1.54, 1.807) is 0 Å². The molecule has 8 N–H and O–H groups in total. The molecule has 19 heavy (non-hydrogen) atoms. The molecule has 0 bridgehead atoms. The van der Waals surface area contributed by atoms with E-state index < -0.39 is 42.3 Å². The summed E-state index contributed by atoms with van der Waals surface area (Å²) in [4.78, 5) is 58.2. The molecule has 0 rings (SSSR count). The van der Waals surface area contributed by atoms with Crippen molar-refractivity contribution in [3.05, 3.63) is 0 Å². The predicted molar refractivity (Wildman–Crippen MR) is 67.1 cm³/mol. The molecule has 0 aromatic carbocycles. The Kier molecular flexibility index (Phi) is 10.0. The SMILES string of the molecule is C[P+](O)(O)O.O=P(O)(O)CN(CCO)CP(=O)(O)O. The standard InChI is InChI=1S/C4H13NO7P2.CH6O3P/c6-2-1-5(3-13(7,8)9)4-14(10,11)12;1-5(2,3)4/h6H,1-4H2,(H2,7,8,9)(H2,10,11,12);2-4H,1H3/q;+1. The molecular formula is C5H19NO10P3+. The summed E-state index contributed by atoms with van der Waals surface area (Å²) in [6.45, 7) is 0.337. The third kappa shape index (κ3) is 27.7. The Morgan fingerprint density at radius 1 is 0.947 bits per heavy atom. The van der Waals surface area contributed by atoms with E-state index in [9.17, 15) is 9.13 Å². The van der Waals surface area contributed by atoms with Crippen molar-refractivity contribution in [1.82, 2.24) is 4.90 Å². The third-order valence-electron chi connectivity index (χ3n) is 1.18. The van der Waals surface area contributed by atoms with Crippen LogP contribution in [0.2, 0.25) is 0 Å². The lowest BCUT2D eigenvalue weighted by atomic mass is 10.6. The van der Waals surface area contributed by atoms with E-state index in [2.05, 4.69) is 0 Å². The summed E-state index contributed by atoms with van der Waals surface area (Å²) in [6, 6.07) is 0. The minimum absolute atomic E-state index is 0.198. The van der Waals surface area contributed by atoms with Crippen LogP contribution in [0, 0.1) is 0 Å². The maximum Gasteiger partial charge on any atom is 0.400 e. The number of aliphatic hydroxyl groups is 1. The van der Waals surface area contributed by atoms with Crippen LogP contribution in [-0.4, -0.2) is 76.6 Å². The fraction of sp³-hybridized carbons (Fsp3) is 1.00.